The fourth-order valence-corrected chi connectivity index (χ4v) is 3.63. The highest BCUT2D eigenvalue weighted by Gasteiger charge is 2.42. The van der Waals surface area contributed by atoms with Gasteiger partial charge >= 0.3 is 0 Å². The van der Waals surface area contributed by atoms with Gasteiger partial charge in [-0.3, -0.25) is 9.59 Å². The topological polar surface area (TPSA) is 49.9 Å². The van der Waals surface area contributed by atoms with Crippen molar-refractivity contribution < 1.29 is 14.3 Å². The fraction of sp³-hybridized carbons (Fsp3) is 0.882. The Labute approximate surface area is 133 Å². The summed E-state index contributed by atoms with van der Waals surface area (Å²) < 4.78 is 5.84. The Hall–Kier alpha value is -1.10. The molecule has 0 radical (unpaired) electrons. The van der Waals surface area contributed by atoms with Gasteiger partial charge in [0.05, 0.1) is 12.0 Å². The number of carbonyl (C=O) groups excluding carboxylic acids is 2. The van der Waals surface area contributed by atoms with Crippen molar-refractivity contribution in [2.45, 2.75) is 64.0 Å². The van der Waals surface area contributed by atoms with Crippen molar-refractivity contribution in [3.63, 3.8) is 0 Å². The Morgan fingerprint density at radius 3 is 2.77 bits per heavy atom. The third-order valence-corrected chi connectivity index (χ3v) is 5.04. The van der Waals surface area contributed by atoms with E-state index in [2.05, 4.69) is 6.92 Å². The minimum atomic E-state index is -0.110. The molecule has 0 bridgehead atoms. The van der Waals surface area contributed by atoms with Gasteiger partial charge in [-0.1, -0.05) is 6.92 Å². The third-order valence-electron chi connectivity index (χ3n) is 5.04. The molecule has 0 spiro atoms. The zero-order chi connectivity index (χ0) is 15.5. The molecule has 5 nitrogen and oxygen atoms in total. The predicted molar refractivity (Wildman–Crippen MR) is 83.3 cm³/mol. The molecule has 0 N–H and O–H groups in total. The molecule has 2 aliphatic heterocycles. The van der Waals surface area contributed by atoms with Crippen LogP contribution in [0.2, 0.25) is 0 Å². The number of likely N-dealkylation sites (tertiary alicyclic amines) is 2. The second kappa shape index (κ2) is 6.99. The zero-order valence-electron chi connectivity index (χ0n) is 13.6. The maximum Gasteiger partial charge on any atom is 0.227 e. The van der Waals surface area contributed by atoms with E-state index in [0.29, 0.717) is 25.1 Å². The zero-order valence-corrected chi connectivity index (χ0v) is 13.6. The van der Waals surface area contributed by atoms with Crippen molar-refractivity contribution in [1.82, 2.24) is 9.80 Å². The molecule has 22 heavy (non-hydrogen) atoms. The monoisotopic (exact) mass is 308 g/mol. The van der Waals surface area contributed by atoms with Crippen molar-refractivity contribution in [2.24, 2.45) is 5.92 Å². The van der Waals surface area contributed by atoms with Crippen LogP contribution in [-0.2, 0) is 14.3 Å². The van der Waals surface area contributed by atoms with Crippen LogP contribution in [0.25, 0.3) is 0 Å². The molecule has 0 aromatic heterocycles. The van der Waals surface area contributed by atoms with Gasteiger partial charge in [-0.2, -0.15) is 0 Å². The second-order valence-corrected chi connectivity index (χ2v) is 6.93. The van der Waals surface area contributed by atoms with Crippen molar-refractivity contribution >= 4 is 11.8 Å². The summed E-state index contributed by atoms with van der Waals surface area (Å²) in [5.74, 6) is 0.258. The first-order valence-electron chi connectivity index (χ1n) is 8.89. The van der Waals surface area contributed by atoms with E-state index in [-0.39, 0.29) is 17.7 Å². The Bertz CT molecular complexity index is 422. The van der Waals surface area contributed by atoms with E-state index in [1.54, 1.807) is 0 Å². The molecular formula is C17H28N2O3. The highest BCUT2D eigenvalue weighted by molar-refractivity contribution is 5.89. The summed E-state index contributed by atoms with van der Waals surface area (Å²) in [6.07, 6.45) is 6.97. The summed E-state index contributed by atoms with van der Waals surface area (Å²) in [5.41, 5.74) is 0. The molecule has 2 heterocycles. The van der Waals surface area contributed by atoms with Crippen molar-refractivity contribution in [3.05, 3.63) is 0 Å². The van der Waals surface area contributed by atoms with Gasteiger partial charge in [0.25, 0.3) is 0 Å². The number of rotatable bonds is 5. The molecular weight excluding hydrogens is 280 g/mol. The van der Waals surface area contributed by atoms with Gasteiger partial charge in [0.1, 0.15) is 0 Å². The molecule has 2 saturated heterocycles. The van der Waals surface area contributed by atoms with Crippen LogP contribution in [0, 0.1) is 5.92 Å². The minimum absolute atomic E-state index is 0.110. The summed E-state index contributed by atoms with van der Waals surface area (Å²) >= 11 is 0. The third kappa shape index (κ3) is 3.62. The quantitative estimate of drug-likeness (QED) is 0.778. The van der Waals surface area contributed by atoms with E-state index in [0.717, 1.165) is 58.2 Å². The lowest BCUT2D eigenvalue weighted by Crippen LogP contribution is -2.38. The molecule has 3 rings (SSSR count). The molecule has 0 aromatic carbocycles. The van der Waals surface area contributed by atoms with E-state index in [1.807, 2.05) is 9.80 Å². The predicted octanol–water partition coefficient (Wildman–Crippen LogP) is 1.80. The van der Waals surface area contributed by atoms with Gasteiger partial charge in [-0.05, 0) is 38.5 Å². The first-order chi connectivity index (χ1) is 10.7. The van der Waals surface area contributed by atoms with Gasteiger partial charge in [0.15, 0.2) is 0 Å². The summed E-state index contributed by atoms with van der Waals surface area (Å²) in [6, 6.07) is 0.432. The Morgan fingerprint density at radius 2 is 2.05 bits per heavy atom. The maximum absolute atomic E-state index is 12.7. The van der Waals surface area contributed by atoms with E-state index >= 15 is 0 Å². The Balaban J connectivity index is 1.51. The fourth-order valence-electron chi connectivity index (χ4n) is 3.63. The maximum atomic E-state index is 12.7. The lowest BCUT2D eigenvalue weighted by Gasteiger charge is -2.24. The first kappa shape index (κ1) is 15.8. The van der Waals surface area contributed by atoms with Crippen LogP contribution >= 0.6 is 0 Å². The van der Waals surface area contributed by atoms with Gasteiger partial charge in [-0.25, -0.2) is 0 Å². The van der Waals surface area contributed by atoms with Crippen molar-refractivity contribution in [1.29, 1.82) is 0 Å². The number of hydrogen-bond donors (Lipinski definition) is 0. The van der Waals surface area contributed by atoms with Gasteiger partial charge in [0.2, 0.25) is 11.8 Å². The normalized spacial score (nSPS) is 29.8. The second-order valence-electron chi connectivity index (χ2n) is 6.93. The SMILES string of the molecule is CCCO[C@H]1CCCN(C(=O)[C@@H]2CC(=O)N(C3CC3)C2)CC1. The molecule has 5 heteroatoms. The average Bonchev–Trinajstić information content (AvgIpc) is 3.31. The van der Waals surface area contributed by atoms with E-state index in [1.165, 1.54) is 0 Å². The lowest BCUT2D eigenvalue weighted by molar-refractivity contribution is -0.135. The molecule has 1 saturated carbocycles. The Morgan fingerprint density at radius 1 is 1.23 bits per heavy atom. The number of hydrogen-bond acceptors (Lipinski definition) is 3. The van der Waals surface area contributed by atoms with E-state index in [9.17, 15) is 9.59 Å². The molecule has 3 fully saturated rings. The van der Waals surface area contributed by atoms with Crippen LogP contribution < -0.4 is 0 Å². The van der Waals surface area contributed by atoms with E-state index in [4.69, 9.17) is 4.74 Å². The van der Waals surface area contributed by atoms with Gasteiger partial charge in [-0.15, -0.1) is 0 Å². The molecule has 3 aliphatic rings. The Kier molecular flexibility index (Phi) is 5.01. The minimum Gasteiger partial charge on any atom is -0.378 e. The molecule has 2 amide bonds. The lowest BCUT2D eigenvalue weighted by atomic mass is 10.1. The molecule has 0 unspecified atom stereocenters. The van der Waals surface area contributed by atoms with Crippen molar-refractivity contribution in [2.75, 3.05) is 26.2 Å². The summed E-state index contributed by atoms with van der Waals surface area (Å²) in [5, 5.41) is 0. The molecule has 124 valence electrons. The standard InChI is InChI=1S/C17H28N2O3/c1-2-10-22-15-4-3-8-18(9-7-15)17(21)13-11-16(20)19(12-13)14-5-6-14/h13-15H,2-12H2,1H3/t13-,15+/m1/s1. The van der Waals surface area contributed by atoms with Crippen LogP contribution in [0.5, 0.6) is 0 Å². The summed E-state index contributed by atoms with van der Waals surface area (Å²) in [7, 11) is 0. The van der Waals surface area contributed by atoms with Crippen LogP contribution in [0.15, 0.2) is 0 Å². The van der Waals surface area contributed by atoms with Crippen LogP contribution in [0.1, 0.15) is 51.9 Å². The number of ether oxygens (including phenoxy) is 1. The molecule has 1 aliphatic carbocycles. The van der Waals surface area contributed by atoms with Gasteiger partial charge < -0.3 is 14.5 Å². The number of nitrogens with zero attached hydrogens (tertiary/aromatic N) is 2. The summed E-state index contributed by atoms with van der Waals surface area (Å²) in [4.78, 5) is 28.7. The highest BCUT2D eigenvalue weighted by Crippen LogP contribution is 2.33. The number of amides is 2. The molecule has 2 atom stereocenters. The van der Waals surface area contributed by atoms with Crippen LogP contribution in [0.4, 0.5) is 0 Å². The largest absolute Gasteiger partial charge is 0.378 e. The number of carbonyl (C=O) groups is 2. The van der Waals surface area contributed by atoms with Gasteiger partial charge in [0, 0.05) is 38.7 Å². The highest BCUT2D eigenvalue weighted by atomic mass is 16.5. The smallest absolute Gasteiger partial charge is 0.227 e. The van der Waals surface area contributed by atoms with Crippen LogP contribution in [0.3, 0.4) is 0 Å². The van der Waals surface area contributed by atoms with E-state index < -0.39 is 0 Å². The first-order valence-corrected chi connectivity index (χ1v) is 8.89. The summed E-state index contributed by atoms with van der Waals surface area (Å²) in [6.45, 7) is 5.18. The average molecular weight is 308 g/mol. The van der Waals surface area contributed by atoms with Crippen molar-refractivity contribution in [3.8, 4) is 0 Å². The van der Waals surface area contributed by atoms with Crippen LogP contribution in [-0.4, -0.2) is 60.0 Å². The molecule has 0 aromatic rings.